The molecule has 1 heterocycles. The normalized spacial score (nSPS) is 26.8. The molecule has 30 heavy (non-hydrogen) atoms. The van der Waals surface area contributed by atoms with Crippen molar-refractivity contribution in [3.63, 3.8) is 0 Å². The van der Waals surface area contributed by atoms with Crippen molar-refractivity contribution in [1.29, 1.82) is 0 Å². The van der Waals surface area contributed by atoms with Crippen LogP contribution in [-0.4, -0.2) is 79.8 Å². The zero-order valence-electron chi connectivity index (χ0n) is 16.9. The molecule has 1 aliphatic rings. The molecule has 11 nitrogen and oxygen atoms in total. The second-order valence-corrected chi connectivity index (χ2v) is 7.06. The van der Waals surface area contributed by atoms with Crippen LogP contribution in [0.5, 0.6) is 17.2 Å². The maximum absolute atomic E-state index is 10.9. The quantitative estimate of drug-likeness (QED) is 0.200. The number of allylic oxidation sites excluding steroid dienone is 1. The van der Waals surface area contributed by atoms with Gasteiger partial charge in [0.25, 0.3) is 0 Å². The average molecular weight is 458 g/mol. The standard InChI is InChI=1S/C17H24O11S.Na/c1-4-5-9-6-10(24-2)15(11(7-9)25-3)27-17-14(20)13(19)16(12(8-18)26-17)28-29(21,22)23;/h4-7,12-14,16-20H,8H2,1-3H3,(H,21,22,23);/q;+1/p-1/b5-4+;/t12-,13-,14-,16-,17+;/m1./s1. The average Bonchev–Trinajstić information content (AvgIpc) is 2.67. The van der Waals surface area contributed by atoms with E-state index >= 15 is 0 Å². The molecule has 0 saturated carbocycles. The molecule has 1 aromatic carbocycles. The Morgan fingerprint density at radius 1 is 1.17 bits per heavy atom. The molecule has 1 fully saturated rings. The van der Waals surface area contributed by atoms with E-state index in [0.29, 0.717) is 0 Å². The number of aliphatic hydroxyl groups excluding tert-OH is 3. The van der Waals surface area contributed by atoms with Crippen LogP contribution < -0.4 is 43.8 Å². The first kappa shape index (κ1) is 27.1. The molecule has 2 rings (SSSR count). The monoisotopic (exact) mass is 458 g/mol. The van der Waals surface area contributed by atoms with Crippen molar-refractivity contribution in [3.8, 4) is 17.2 Å². The van der Waals surface area contributed by atoms with Crippen LogP contribution in [0.2, 0.25) is 0 Å². The summed E-state index contributed by atoms with van der Waals surface area (Å²) in [7, 11) is -2.47. The third-order valence-electron chi connectivity index (χ3n) is 4.13. The molecule has 0 aromatic heterocycles. The zero-order valence-corrected chi connectivity index (χ0v) is 19.7. The van der Waals surface area contributed by atoms with Gasteiger partial charge in [-0.25, -0.2) is 8.42 Å². The molecule has 0 radical (unpaired) electrons. The molecule has 0 unspecified atom stereocenters. The number of aliphatic hydroxyl groups is 3. The molecular formula is C17H23NaO11S. The van der Waals surface area contributed by atoms with Crippen molar-refractivity contribution in [2.45, 2.75) is 37.6 Å². The molecular weight excluding hydrogens is 435 g/mol. The van der Waals surface area contributed by atoms with Crippen LogP contribution in [0.15, 0.2) is 18.2 Å². The number of rotatable bonds is 8. The largest absolute Gasteiger partial charge is 1.00 e. The fourth-order valence-electron chi connectivity index (χ4n) is 2.83. The summed E-state index contributed by atoms with van der Waals surface area (Å²) in [6, 6.07) is 3.26. The van der Waals surface area contributed by atoms with E-state index in [1.54, 1.807) is 24.3 Å². The molecule has 1 saturated heterocycles. The van der Waals surface area contributed by atoms with Crippen LogP contribution in [0.25, 0.3) is 6.08 Å². The Balaban J connectivity index is 0.00000450. The molecule has 1 aromatic rings. The Hall–Kier alpha value is -0.930. The van der Waals surface area contributed by atoms with Crippen molar-refractivity contribution in [2.24, 2.45) is 0 Å². The van der Waals surface area contributed by atoms with Crippen LogP contribution in [-0.2, 0) is 19.3 Å². The summed E-state index contributed by atoms with van der Waals surface area (Å²) in [5.41, 5.74) is 0.737. The fraction of sp³-hybridized carbons (Fsp3) is 0.529. The van der Waals surface area contributed by atoms with Gasteiger partial charge in [0.1, 0.15) is 24.4 Å². The van der Waals surface area contributed by atoms with Gasteiger partial charge in [-0.15, -0.1) is 0 Å². The van der Waals surface area contributed by atoms with Gasteiger partial charge in [0.15, 0.2) is 11.5 Å². The molecule has 1 aliphatic heterocycles. The van der Waals surface area contributed by atoms with Crippen LogP contribution in [0, 0.1) is 0 Å². The summed E-state index contributed by atoms with van der Waals surface area (Å²) in [5.74, 6) is 0.486. The summed E-state index contributed by atoms with van der Waals surface area (Å²) in [4.78, 5) is 0. The van der Waals surface area contributed by atoms with E-state index in [0.717, 1.165) is 5.56 Å². The van der Waals surface area contributed by atoms with Gasteiger partial charge in [-0.05, 0) is 24.6 Å². The first-order valence-corrected chi connectivity index (χ1v) is 9.80. The number of benzene rings is 1. The summed E-state index contributed by atoms with van der Waals surface area (Å²) in [5, 5.41) is 29.9. The van der Waals surface area contributed by atoms with Crippen molar-refractivity contribution in [3.05, 3.63) is 23.8 Å². The predicted octanol–water partition coefficient (Wildman–Crippen LogP) is -3.60. The number of hydrogen-bond donors (Lipinski definition) is 3. The first-order chi connectivity index (χ1) is 13.6. The van der Waals surface area contributed by atoms with Gasteiger partial charge in [-0.2, -0.15) is 0 Å². The molecule has 0 aliphatic carbocycles. The van der Waals surface area contributed by atoms with Crippen molar-refractivity contribution >= 4 is 16.5 Å². The van der Waals surface area contributed by atoms with Gasteiger partial charge >= 0.3 is 29.6 Å². The van der Waals surface area contributed by atoms with Gasteiger partial charge < -0.3 is 38.8 Å². The van der Waals surface area contributed by atoms with Gasteiger partial charge in [-0.3, -0.25) is 4.18 Å². The second kappa shape index (κ2) is 11.6. The van der Waals surface area contributed by atoms with Crippen LogP contribution in [0.1, 0.15) is 12.5 Å². The van der Waals surface area contributed by atoms with Gasteiger partial charge in [0, 0.05) is 0 Å². The molecule has 3 N–H and O–H groups in total. The molecule has 0 amide bonds. The summed E-state index contributed by atoms with van der Waals surface area (Å²) >= 11 is 0. The van der Waals surface area contributed by atoms with Crippen molar-refractivity contribution < 1.29 is 81.0 Å². The molecule has 0 spiro atoms. The molecule has 13 heteroatoms. The SMILES string of the molecule is C/C=C/c1cc(OC)c(O[C@@H]2O[C@H](CO)[C@@H](OS(=O)(=O)[O-])[C@H](O)[C@H]2O)c(OC)c1.[Na+]. The number of hydrogen-bond acceptors (Lipinski definition) is 11. The maximum atomic E-state index is 10.9. The summed E-state index contributed by atoms with van der Waals surface area (Å²) in [6.45, 7) is 1.00. The van der Waals surface area contributed by atoms with E-state index in [1.165, 1.54) is 14.2 Å². The van der Waals surface area contributed by atoms with Crippen molar-refractivity contribution in [1.82, 2.24) is 0 Å². The molecule has 164 valence electrons. The number of methoxy groups -OCH3 is 2. The van der Waals surface area contributed by atoms with Crippen LogP contribution in [0.4, 0.5) is 0 Å². The van der Waals surface area contributed by atoms with Crippen LogP contribution in [0.3, 0.4) is 0 Å². The maximum Gasteiger partial charge on any atom is 1.00 e. The Bertz CT molecular complexity index is 802. The van der Waals surface area contributed by atoms with E-state index in [4.69, 9.17) is 18.9 Å². The predicted molar refractivity (Wildman–Crippen MR) is 97.2 cm³/mol. The van der Waals surface area contributed by atoms with Gasteiger partial charge in [0.05, 0.1) is 20.8 Å². The van der Waals surface area contributed by atoms with E-state index in [-0.39, 0.29) is 46.8 Å². The minimum atomic E-state index is -5.23. The minimum Gasteiger partial charge on any atom is -0.726 e. The fourth-order valence-corrected chi connectivity index (χ4v) is 3.34. The zero-order chi connectivity index (χ0) is 21.8. The van der Waals surface area contributed by atoms with Crippen molar-refractivity contribution in [2.75, 3.05) is 20.8 Å². The van der Waals surface area contributed by atoms with E-state index in [2.05, 4.69) is 4.18 Å². The smallest absolute Gasteiger partial charge is 0.726 e. The Morgan fingerprint density at radius 2 is 1.73 bits per heavy atom. The molecule has 0 bridgehead atoms. The third kappa shape index (κ3) is 6.53. The minimum absolute atomic E-state index is 0. The Kier molecular flexibility index (Phi) is 10.5. The number of ether oxygens (including phenoxy) is 4. The van der Waals surface area contributed by atoms with Gasteiger partial charge in [-0.1, -0.05) is 12.2 Å². The van der Waals surface area contributed by atoms with E-state index in [1.807, 2.05) is 6.92 Å². The van der Waals surface area contributed by atoms with Gasteiger partial charge in [0.2, 0.25) is 22.4 Å². The van der Waals surface area contributed by atoms with Crippen LogP contribution >= 0.6 is 0 Å². The summed E-state index contributed by atoms with van der Waals surface area (Å²) in [6.07, 6.45) is -5.00. The Labute approximate surface area is 196 Å². The topological polar surface area (TPSA) is 164 Å². The Morgan fingerprint density at radius 3 is 2.17 bits per heavy atom. The third-order valence-corrected chi connectivity index (χ3v) is 4.58. The van der Waals surface area contributed by atoms with E-state index < -0.39 is 47.7 Å². The second-order valence-electron chi connectivity index (χ2n) is 6.05. The van der Waals surface area contributed by atoms with E-state index in [9.17, 15) is 28.3 Å². The molecule has 5 atom stereocenters. The summed E-state index contributed by atoms with van der Waals surface area (Å²) < 4.78 is 58.3. The first-order valence-electron chi connectivity index (χ1n) is 8.47.